The van der Waals surface area contributed by atoms with Crippen molar-refractivity contribution in [3.63, 3.8) is 0 Å². The third kappa shape index (κ3) is 3.49. The highest BCUT2D eigenvalue weighted by Crippen LogP contribution is 2.16. The van der Waals surface area contributed by atoms with Gasteiger partial charge in [0.25, 0.3) is 0 Å². The molecule has 1 fully saturated rings. The molecule has 1 amide bonds. The zero-order chi connectivity index (χ0) is 14.5. The number of amides is 1. The smallest absolute Gasteiger partial charge is 0.240 e. The first-order chi connectivity index (χ1) is 9.60. The highest BCUT2D eigenvalue weighted by atomic mass is 16.3. The number of carbonyl (C=O) groups is 1. The molecule has 0 spiro atoms. The van der Waals surface area contributed by atoms with Crippen molar-refractivity contribution in [2.75, 3.05) is 33.2 Å². The van der Waals surface area contributed by atoms with Crippen molar-refractivity contribution >= 4 is 5.91 Å². The standard InChI is InChI=1S/C15H19N3O2/c1-17-6-8-18(9-7-17)15(20)13(11-16)10-12-2-4-14(19)5-3-12/h2-5,13,19H,6-10H2,1H3. The maximum absolute atomic E-state index is 12.3. The zero-order valence-electron chi connectivity index (χ0n) is 11.6. The van der Waals surface area contributed by atoms with Gasteiger partial charge in [-0.1, -0.05) is 12.1 Å². The Morgan fingerprint density at radius 2 is 1.90 bits per heavy atom. The lowest BCUT2D eigenvalue weighted by atomic mass is 9.99. The SMILES string of the molecule is CN1CCN(C(=O)C(C#N)Cc2ccc(O)cc2)CC1. The first kappa shape index (κ1) is 14.4. The van der Waals surface area contributed by atoms with Gasteiger partial charge in [-0.15, -0.1) is 0 Å². The Balaban J connectivity index is 1.99. The summed E-state index contributed by atoms with van der Waals surface area (Å²) < 4.78 is 0. The Bertz CT molecular complexity index is 499. The molecule has 1 saturated heterocycles. The molecule has 5 nitrogen and oxygen atoms in total. The van der Waals surface area contributed by atoms with Crippen LogP contribution in [0.25, 0.3) is 0 Å². The van der Waals surface area contributed by atoms with Gasteiger partial charge in [0.15, 0.2) is 0 Å². The number of rotatable bonds is 3. The Labute approximate surface area is 119 Å². The van der Waals surface area contributed by atoms with E-state index >= 15 is 0 Å². The number of likely N-dealkylation sites (N-methyl/N-ethyl adjacent to an activating group) is 1. The molecule has 0 aliphatic carbocycles. The van der Waals surface area contributed by atoms with Gasteiger partial charge in [-0.3, -0.25) is 4.79 Å². The molecule has 1 heterocycles. The van der Waals surface area contributed by atoms with Crippen molar-refractivity contribution in [2.24, 2.45) is 5.92 Å². The lowest BCUT2D eigenvalue weighted by Crippen LogP contribution is -2.49. The molecular weight excluding hydrogens is 254 g/mol. The number of benzene rings is 1. The van der Waals surface area contributed by atoms with Gasteiger partial charge in [0.2, 0.25) is 5.91 Å². The molecule has 0 aromatic heterocycles. The molecule has 1 atom stereocenters. The van der Waals surface area contributed by atoms with E-state index < -0.39 is 5.92 Å². The van der Waals surface area contributed by atoms with Gasteiger partial charge >= 0.3 is 0 Å². The second-order valence-electron chi connectivity index (χ2n) is 5.18. The van der Waals surface area contributed by atoms with Gasteiger partial charge in [-0.25, -0.2) is 0 Å². The van der Waals surface area contributed by atoms with E-state index in [1.54, 1.807) is 29.2 Å². The fourth-order valence-corrected chi connectivity index (χ4v) is 2.30. The number of nitrogens with zero attached hydrogens (tertiary/aromatic N) is 3. The Kier molecular flexibility index (Phi) is 4.59. The maximum Gasteiger partial charge on any atom is 0.240 e. The highest BCUT2D eigenvalue weighted by Gasteiger charge is 2.26. The van der Waals surface area contributed by atoms with E-state index in [1.807, 2.05) is 7.05 Å². The van der Waals surface area contributed by atoms with Gasteiger partial charge in [-0.05, 0) is 31.2 Å². The number of phenolic OH excluding ortho intramolecular Hbond substituents is 1. The van der Waals surface area contributed by atoms with Gasteiger partial charge in [-0.2, -0.15) is 5.26 Å². The Morgan fingerprint density at radius 3 is 2.45 bits per heavy atom. The molecule has 0 radical (unpaired) electrons. The van der Waals surface area contributed by atoms with Crippen molar-refractivity contribution < 1.29 is 9.90 Å². The summed E-state index contributed by atoms with van der Waals surface area (Å²) in [6.07, 6.45) is 0.391. The lowest BCUT2D eigenvalue weighted by molar-refractivity contribution is -0.135. The van der Waals surface area contributed by atoms with E-state index in [9.17, 15) is 15.2 Å². The number of hydrogen-bond acceptors (Lipinski definition) is 4. The highest BCUT2D eigenvalue weighted by molar-refractivity contribution is 5.81. The first-order valence-corrected chi connectivity index (χ1v) is 6.75. The normalized spacial score (nSPS) is 17.5. The van der Waals surface area contributed by atoms with Crippen molar-refractivity contribution in [2.45, 2.75) is 6.42 Å². The van der Waals surface area contributed by atoms with Crippen LogP contribution in [0.15, 0.2) is 24.3 Å². The molecule has 1 N–H and O–H groups in total. The van der Waals surface area contributed by atoms with Crippen LogP contribution in [0.1, 0.15) is 5.56 Å². The molecule has 1 aliphatic heterocycles. The van der Waals surface area contributed by atoms with E-state index in [0.29, 0.717) is 19.5 Å². The van der Waals surface area contributed by atoms with Crippen LogP contribution in [0.3, 0.4) is 0 Å². The second-order valence-corrected chi connectivity index (χ2v) is 5.18. The van der Waals surface area contributed by atoms with Crippen molar-refractivity contribution in [1.29, 1.82) is 5.26 Å². The average molecular weight is 273 g/mol. The second kappa shape index (κ2) is 6.40. The topological polar surface area (TPSA) is 67.6 Å². The predicted molar refractivity (Wildman–Crippen MR) is 75.0 cm³/mol. The molecule has 106 valence electrons. The van der Waals surface area contributed by atoms with Crippen LogP contribution < -0.4 is 0 Å². The summed E-state index contributed by atoms with van der Waals surface area (Å²) in [7, 11) is 2.03. The fraction of sp³-hybridized carbons (Fsp3) is 0.467. The van der Waals surface area contributed by atoms with E-state index in [4.69, 9.17) is 0 Å². The monoisotopic (exact) mass is 273 g/mol. The van der Waals surface area contributed by atoms with Crippen molar-refractivity contribution in [3.8, 4) is 11.8 Å². The third-order valence-corrected chi connectivity index (χ3v) is 3.65. The third-order valence-electron chi connectivity index (χ3n) is 3.65. The van der Waals surface area contributed by atoms with E-state index in [0.717, 1.165) is 18.7 Å². The minimum Gasteiger partial charge on any atom is -0.508 e. The zero-order valence-corrected chi connectivity index (χ0v) is 11.6. The molecule has 5 heteroatoms. The quantitative estimate of drug-likeness (QED) is 0.886. The van der Waals surface area contributed by atoms with Crippen molar-refractivity contribution in [1.82, 2.24) is 9.80 Å². The summed E-state index contributed by atoms with van der Waals surface area (Å²) in [5.41, 5.74) is 0.886. The summed E-state index contributed by atoms with van der Waals surface area (Å²) in [5.74, 6) is -0.552. The Morgan fingerprint density at radius 1 is 1.30 bits per heavy atom. The number of piperazine rings is 1. The summed E-state index contributed by atoms with van der Waals surface area (Å²) in [4.78, 5) is 16.3. The summed E-state index contributed by atoms with van der Waals surface area (Å²) >= 11 is 0. The Hall–Kier alpha value is -2.06. The predicted octanol–water partition coefficient (Wildman–Crippen LogP) is 0.848. The van der Waals surface area contributed by atoms with Crippen LogP contribution in [-0.4, -0.2) is 54.0 Å². The summed E-state index contributed by atoms with van der Waals surface area (Å²) in [6.45, 7) is 3.07. The number of aromatic hydroxyl groups is 1. The fourth-order valence-electron chi connectivity index (χ4n) is 2.30. The molecule has 1 unspecified atom stereocenters. The van der Waals surface area contributed by atoms with Gasteiger partial charge in [0.1, 0.15) is 11.7 Å². The van der Waals surface area contributed by atoms with Crippen molar-refractivity contribution in [3.05, 3.63) is 29.8 Å². The molecule has 2 rings (SSSR count). The number of hydrogen-bond donors (Lipinski definition) is 1. The lowest BCUT2D eigenvalue weighted by Gasteiger charge is -2.33. The molecule has 1 aliphatic rings. The minimum absolute atomic E-state index is 0.0892. The van der Waals surface area contributed by atoms with E-state index in [-0.39, 0.29) is 11.7 Å². The van der Waals surface area contributed by atoms with Gasteiger partial charge in [0, 0.05) is 26.2 Å². The summed E-state index contributed by atoms with van der Waals surface area (Å²) in [6, 6.07) is 8.75. The molecule has 0 saturated carbocycles. The molecule has 1 aromatic rings. The van der Waals surface area contributed by atoms with E-state index in [2.05, 4.69) is 11.0 Å². The molecule has 1 aromatic carbocycles. The van der Waals surface area contributed by atoms with Crippen LogP contribution in [0.2, 0.25) is 0 Å². The van der Waals surface area contributed by atoms with Gasteiger partial charge in [0.05, 0.1) is 6.07 Å². The molecular formula is C15H19N3O2. The first-order valence-electron chi connectivity index (χ1n) is 6.75. The largest absolute Gasteiger partial charge is 0.508 e. The number of nitriles is 1. The van der Waals surface area contributed by atoms with E-state index in [1.165, 1.54) is 0 Å². The molecule has 0 bridgehead atoms. The van der Waals surface area contributed by atoms with Gasteiger partial charge < -0.3 is 14.9 Å². The maximum atomic E-state index is 12.3. The summed E-state index contributed by atoms with van der Waals surface area (Å²) in [5, 5.41) is 18.5. The van der Waals surface area contributed by atoms with Crippen LogP contribution in [-0.2, 0) is 11.2 Å². The number of phenols is 1. The van der Waals surface area contributed by atoms with Crippen LogP contribution >= 0.6 is 0 Å². The van der Waals surface area contributed by atoms with Crippen LogP contribution in [0.4, 0.5) is 0 Å². The van der Waals surface area contributed by atoms with Crippen LogP contribution in [0, 0.1) is 17.2 Å². The van der Waals surface area contributed by atoms with Crippen LogP contribution in [0.5, 0.6) is 5.75 Å². The average Bonchev–Trinajstić information content (AvgIpc) is 2.47. The molecule has 20 heavy (non-hydrogen) atoms. The number of carbonyl (C=O) groups excluding carboxylic acids is 1. The minimum atomic E-state index is -0.650.